The second-order valence-electron chi connectivity index (χ2n) is 18.3. The Morgan fingerprint density at radius 2 is 1.22 bits per heavy atom. The van der Waals surface area contributed by atoms with E-state index >= 15 is 0 Å². The summed E-state index contributed by atoms with van der Waals surface area (Å²) in [4.78, 5) is 0. The lowest BCUT2D eigenvalue weighted by atomic mass is 9.62. The van der Waals surface area contributed by atoms with Crippen molar-refractivity contribution in [2.75, 3.05) is 5.73 Å². The van der Waals surface area contributed by atoms with Gasteiger partial charge in [0.15, 0.2) is 0 Å². The minimum atomic E-state index is 0.0365. The largest absolute Gasteiger partial charge is 0.399 e. The topological polar surface area (TPSA) is 26.0 Å². The molecule has 1 heteroatoms. The van der Waals surface area contributed by atoms with Crippen LogP contribution < -0.4 is 11.0 Å². The molecule has 3 saturated carbocycles. The van der Waals surface area contributed by atoms with E-state index in [4.69, 9.17) is 5.73 Å². The molecule has 0 bridgehead atoms. The highest BCUT2D eigenvalue weighted by Crippen LogP contribution is 2.98. The Bertz CT molecular complexity index is 3510. The third-order valence-corrected chi connectivity index (χ3v) is 18.2. The fraction of sp³-hybridized carbons (Fsp3) is 0.250. The normalized spacial score (nSPS) is 37.5. The number of hydrogen-bond acceptors (Lipinski definition) is 1. The molecule has 0 saturated heterocycles. The second-order valence-corrected chi connectivity index (χ2v) is 18.3. The zero-order chi connectivity index (χ0) is 30.7. The Morgan fingerprint density at radius 3 is 2.00 bits per heavy atom. The van der Waals surface area contributed by atoms with E-state index in [0.29, 0.717) is 35.5 Å². The molecule has 49 heavy (non-hydrogen) atoms. The molecule has 8 aliphatic carbocycles. The first-order valence-electron chi connectivity index (χ1n) is 19.0. The van der Waals surface area contributed by atoms with Gasteiger partial charge in [0.25, 0.3) is 0 Å². The van der Waals surface area contributed by atoms with Crippen LogP contribution in [0.4, 0.5) is 5.69 Å². The summed E-state index contributed by atoms with van der Waals surface area (Å²) < 4.78 is 0. The lowest BCUT2D eigenvalue weighted by molar-refractivity contribution is 0.200. The predicted octanol–water partition coefficient (Wildman–Crippen LogP) is 10.3. The van der Waals surface area contributed by atoms with E-state index in [1.54, 1.807) is 97.7 Å². The fourth-order valence-electron chi connectivity index (χ4n) is 17.8. The Morgan fingerprint density at radius 1 is 0.571 bits per heavy atom. The van der Waals surface area contributed by atoms with Gasteiger partial charge in [-0.1, -0.05) is 67.6 Å². The number of benzene rings is 7. The zero-order valence-electron chi connectivity index (χ0n) is 26.9. The molecule has 224 valence electrons. The second kappa shape index (κ2) is 5.58. The first-order valence-corrected chi connectivity index (χ1v) is 19.0. The molecule has 3 fully saturated rings. The first-order chi connectivity index (χ1) is 24.2. The number of anilines is 1. The van der Waals surface area contributed by atoms with Crippen molar-refractivity contribution in [1.29, 1.82) is 0 Å². The van der Waals surface area contributed by atoms with Crippen LogP contribution in [0.15, 0.2) is 72.8 Å². The maximum Gasteiger partial charge on any atom is 0.0314 e. The summed E-state index contributed by atoms with van der Waals surface area (Å²) in [5.41, 5.74) is 18.0. The van der Waals surface area contributed by atoms with Gasteiger partial charge >= 0.3 is 0 Å². The SMILES string of the molecule is CC1(c2ccc(N)cc2)C23C4=c5c6c7c8c9ccc%10c%11ccc%12c%13ccc%14c%15c(c5c5c6c(c8%10)c%11c%12c5c%15%13)C12C%14CCC3C1C=CC9C7C41. The number of nitrogen functional groups attached to an aromatic ring is 1. The predicted molar refractivity (Wildman–Crippen MR) is 200 cm³/mol. The Hall–Kier alpha value is -4.88. The molecule has 0 aliphatic heterocycles. The van der Waals surface area contributed by atoms with Crippen LogP contribution >= 0.6 is 0 Å². The van der Waals surface area contributed by atoms with Gasteiger partial charge in [-0.15, -0.1) is 0 Å². The maximum atomic E-state index is 6.45. The molecule has 0 heterocycles. The summed E-state index contributed by atoms with van der Waals surface area (Å²) in [6.07, 6.45) is 8.19. The molecule has 10 aromatic rings. The molecular formula is C48H27N. The average Bonchev–Trinajstić information content (AvgIpc) is 3.79. The number of nitrogens with two attached hydrogens (primary N) is 1. The van der Waals surface area contributed by atoms with Crippen LogP contribution in [0, 0.1) is 23.2 Å². The number of allylic oxidation sites excluding steroid dienone is 2. The summed E-state index contributed by atoms with van der Waals surface area (Å²) in [6.45, 7) is 2.76. The zero-order valence-corrected chi connectivity index (χ0v) is 26.9. The minimum absolute atomic E-state index is 0.0365. The molecular weight excluding hydrogens is 591 g/mol. The van der Waals surface area contributed by atoms with Crippen molar-refractivity contribution in [2.24, 2.45) is 23.2 Å². The molecule has 0 radical (unpaired) electrons. The molecule has 2 N–H and O–H groups in total. The van der Waals surface area contributed by atoms with E-state index in [2.05, 4.69) is 79.7 Å². The van der Waals surface area contributed by atoms with Gasteiger partial charge in [-0.2, -0.15) is 0 Å². The van der Waals surface area contributed by atoms with Crippen molar-refractivity contribution in [3.63, 3.8) is 0 Å². The third-order valence-electron chi connectivity index (χ3n) is 18.2. The van der Waals surface area contributed by atoms with E-state index in [0.717, 1.165) is 5.69 Å². The van der Waals surface area contributed by atoms with Gasteiger partial charge in [0.05, 0.1) is 0 Å². The third kappa shape index (κ3) is 1.44. The van der Waals surface area contributed by atoms with Crippen LogP contribution in [0.3, 0.4) is 0 Å². The Labute approximate surface area is 279 Å². The molecule has 0 amide bonds. The number of hydrogen-bond donors (Lipinski definition) is 1. The van der Waals surface area contributed by atoms with Crippen molar-refractivity contribution in [3.8, 4) is 0 Å². The molecule has 9 unspecified atom stereocenters. The average molecular weight is 618 g/mol. The highest BCUT2D eigenvalue weighted by molar-refractivity contribution is 6.57. The summed E-state index contributed by atoms with van der Waals surface area (Å²) in [6, 6.07) is 24.7. The first kappa shape index (κ1) is 22.0. The molecule has 8 aliphatic rings. The maximum absolute atomic E-state index is 6.45. The summed E-state index contributed by atoms with van der Waals surface area (Å²) >= 11 is 0. The van der Waals surface area contributed by atoms with Crippen LogP contribution in [-0.2, 0) is 10.8 Å². The fourth-order valence-corrected chi connectivity index (χ4v) is 17.8. The Balaban J connectivity index is 1.27. The van der Waals surface area contributed by atoms with Gasteiger partial charge in [-0.25, -0.2) is 0 Å². The monoisotopic (exact) mass is 617 g/mol. The number of fused-ring (bicyclic) bond motifs is 5. The van der Waals surface area contributed by atoms with Crippen molar-refractivity contribution in [2.45, 2.75) is 48.3 Å². The van der Waals surface area contributed by atoms with Crippen molar-refractivity contribution < 1.29 is 0 Å². The summed E-state index contributed by atoms with van der Waals surface area (Å²) in [5, 5.41) is 27.6. The van der Waals surface area contributed by atoms with E-state index < -0.39 is 0 Å². The van der Waals surface area contributed by atoms with Crippen LogP contribution in [0.25, 0.3) is 91.8 Å². The molecule has 9 atom stereocenters. The highest BCUT2D eigenvalue weighted by atomic mass is 15.0. The van der Waals surface area contributed by atoms with Crippen LogP contribution in [-0.4, -0.2) is 0 Å². The lowest BCUT2D eigenvalue weighted by Gasteiger charge is -2.40. The van der Waals surface area contributed by atoms with E-state index in [-0.39, 0.29) is 16.2 Å². The van der Waals surface area contributed by atoms with E-state index in [1.165, 1.54) is 34.4 Å². The smallest absolute Gasteiger partial charge is 0.0314 e. The standard InChI is InChI=1S/C48H27N/c1-46(16-2-4-17(49)5-3-16)47-26-14-15-27-25-13-11-23-21-9-7-19-18-6-8-20-22-10-12-24(26)34-32(22)37-30(20)28(18)36-29(19)31(21)38-33(23)35(25)45(48(27,46)47)43-41(38)39(36)40(37)42(43)44(34)47/h2-13,22,24,26-27,32,34H,14-15,49H2,1H3. The van der Waals surface area contributed by atoms with E-state index in [1.807, 2.05) is 5.57 Å². The van der Waals surface area contributed by atoms with Gasteiger partial charge in [-0.3, -0.25) is 0 Å². The Kier molecular flexibility index (Phi) is 2.50. The van der Waals surface area contributed by atoms with Gasteiger partial charge in [0.2, 0.25) is 0 Å². The molecule has 1 nitrogen and oxygen atoms in total. The van der Waals surface area contributed by atoms with Gasteiger partial charge < -0.3 is 5.73 Å². The van der Waals surface area contributed by atoms with Gasteiger partial charge in [-0.05, 0) is 173 Å². The molecule has 10 aromatic carbocycles. The van der Waals surface area contributed by atoms with Crippen molar-refractivity contribution >= 4 is 97.4 Å². The van der Waals surface area contributed by atoms with E-state index in [9.17, 15) is 0 Å². The minimum Gasteiger partial charge on any atom is -0.399 e. The summed E-state index contributed by atoms with van der Waals surface area (Å²) in [5.74, 6) is 3.57. The molecule has 18 rings (SSSR count). The van der Waals surface area contributed by atoms with Crippen molar-refractivity contribution in [3.05, 3.63) is 106 Å². The van der Waals surface area contributed by atoms with Crippen LogP contribution in [0.2, 0.25) is 0 Å². The van der Waals surface area contributed by atoms with Crippen LogP contribution in [0.1, 0.15) is 65.3 Å². The van der Waals surface area contributed by atoms with Gasteiger partial charge in [0.1, 0.15) is 0 Å². The lowest BCUT2D eigenvalue weighted by Crippen LogP contribution is -2.37. The molecule has 0 aromatic heterocycles. The molecule has 2 spiro atoms. The van der Waals surface area contributed by atoms with Crippen molar-refractivity contribution in [1.82, 2.24) is 0 Å². The summed E-state index contributed by atoms with van der Waals surface area (Å²) in [7, 11) is 0. The van der Waals surface area contributed by atoms with Crippen LogP contribution in [0.5, 0.6) is 0 Å². The van der Waals surface area contributed by atoms with Gasteiger partial charge in [0, 0.05) is 33.8 Å². The highest BCUT2D eigenvalue weighted by Gasteiger charge is 2.96. The number of rotatable bonds is 1. The quantitative estimate of drug-likeness (QED) is 0.111.